The Kier molecular flexibility index (Phi) is 5.73. The molecule has 1 aromatic heterocycles. The van der Waals surface area contributed by atoms with E-state index in [4.69, 9.17) is 20.9 Å². The lowest BCUT2D eigenvalue weighted by atomic mass is 10.2. The van der Waals surface area contributed by atoms with Crippen LogP contribution >= 0.6 is 23.4 Å². The van der Waals surface area contributed by atoms with E-state index in [9.17, 15) is 4.79 Å². The largest absolute Gasteiger partial charge is 0.457 e. The van der Waals surface area contributed by atoms with E-state index in [0.717, 1.165) is 10.5 Å². The fourth-order valence-electron chi connectivity index (χ4n) is 2.11. The zero-order valence-corrected chi connectivity index (χ0v) is 15.0. The Morgan fingerprint density at radius 2 is 1.96 bits per heavy atom. The van der Waals surface area contributed by atoms with Gasteiger partial charge in [-0.2, -0.15) is 4.98 Å². The number of ether oxygens (including phenoxy) is 1. The third kappa shape index (κ3) is 4.84. The van der Waals surface area contributed by atoms with Crippen LogP contribution in [0.2, 0.25) is 5.02 Å². The normalized spacial score (nSPS) is 10.6. The second-order valence-corrected chi connectivity index (χ2v) is 6.68. The number of rotatable bonds is 6. The average molecular weight is 375 g/mol. The molecule has 0 saturated carbocycles. The summed E-state index contributed by atoms with van der Waals surface area (Å²) in [4.78, 5) is 17.4. The molecule has 25 heavy (non-hydrogen) atoms. The number of aromatic nitrogens is 2. The monoisotopic (exact) mass is 374 g/mol. The van der Waals surface area contributed by atoms with Gasteiger partial charge in [-0.1, -0.05) is 41.0 Å². The van der Waals surface area contributed by atoms with Gasteiger partial charge in [-0.25, -0.2) is 4.79 Å². The summed E-state index contributed by atoms with van der Waals surface area (Å²) in [6.45, 7) is 1.96. The highest BCUT2D eigenvalue weighted by molar-refractivity contribution is 7.98. The van der Waals surface area contributed by atoms with Crippen molar-refractivity contribution in [2.75, 3.05) is 0 Å². The van der Waals surface area contributed by atoms with E-state index in [2.05, 4.69) is 10.1 Å². The van der Waals surface area contributed by atoms with E-state index in [1.54, 1.807) is 31.2 Å². The van der Waals surface area contributed by atoms with Crippen molar-refractivity contribution in [3.63, 3.8) is 0 Å². The van der Waals surface area contributed by atoms with E-state index in [1.165, 1.54) is 11.8 Å². The third-order valence-corrected chi connectivity index (χ3v) is 4.62. The average Bonchev–Trinajstić information content (AvgIpc) is 3.05. The van der Waals surface area contributed by atoms with Crippen LogP contribution in [0.25, 0.3) is 0 Å². The van der Waals surface area contributed by atoms with Gasteiger partial charge in [0.1, 0.15) is 6.61 Å². The van der Waals surface area contributed by atoms with Gasteiger partial charge in [0.25, 0.3) is 0 Å². The van der Waals surface area contributed by atoms with Crippen LogP contribution in [0.1, 0.15) is 27.6 Å². The standard InChI is InChI=1S/C18H15ClN2O3S/c1-12-20-17(24-21-12)11-25-16-5-3-2-4-15(16)18(22)23-10-13-6-8-14(19)9-7-13/h2-9H,10-11H2,1H3. The van der Waals surface area contributed by atoms with Crippen molar-refractivity contribution in [1.82, 2.24) is 10.1 Å². The second kappa shape index (κ2) is 8.18. The maximum absolute atomic E-state index is 12.4. The summed E-state index contributed by atoms with van der Waals surface area (Å²) < 4.78 is 10.5. The van der Waals surface area contributed by atoms with Gasteiger partial charge >= 0.3 is 5.97 Å². The minimum atomic E-state index is -0.375. The molecule has 0 fully saturated rings. The lowest BCUT2D eigenvalue weighted by Crippen LogP contribution is -2.06. The van der Waals surface area contributed by atoms with Crippen LogP contribution in [-0.2, 0) is 17.1 Å². The number of halogens is 1. The summed E-state index contributed by atoms with van der Waals surface area (Å²) in [6, 6.07) is 14.5. The number of thioether (sulfide) groups is 1. The van der Waals surface area contributed by atoms with E-state index >= 15 is 0 Å². The maximum Gasteiger partial charge on any atom is 0.339 e. The Balaban J connectivity index is 1.64. The Bertz CT molecular complexity index is 865. The van der Waals surface area contributed by atoms with Gasteiger partial charge in [0, 0.05) is 9.92 Å². The number of carbonyl (C=O) groups is 1. The molecule has 0 spiro atoms. The first kappa shape index (κ1) is 17.5. The highest BCUT2D eigenvalue weighted by Crippen LogP contribution is 2.26. The minimum Gasteiger partial charge on any atom is -0.457 e. The smallest absolute Gasteiger partial charge is 0.339 e. The predicted octanol–water partition coefficient (Wildman–Crippen LogP) is 4.68. The van der Waals surface area contributed by atoms with E-state index < -0.39 is 0 Å². The van der Waals surface area contributed by atoms with Crippen molar-refractivity contribution >= 4 is 29.3 Å². The molecule has 0 amide bonds. The van der Waals surface area contributed by atoms with Gasteiger partial charge in [-0.05, 0) is 36.8 Å². The first-order valence-corrected chi connectivity index (χ1v) is 8.91. The number of benzene rings is 2. The Morgan fingerprint density at radius 1 is 1.20 bits per heavy atom. The minimum absolute atomic E-state index is 0.192. The fraction of sp³-hybridized carbons (Fsp3) is 0.167. The highest BCUT2D eigenvalue weighted by atomic mass is 35.5. The van der Waals surface area contributed by atoms with E-state index in [-0.39, 0.29) is 12.6 Å². The molecule has 0 atom stereocenters. The highest BCUT2D eigenvalue weighted by Gasteiger charge is 2.14. The van der Waals surface area contributed by atoms with Crippen molar-refractivity contribution < 1.29 is 14.1 Å². The lowest BCUT2D eigenvalue weighted by Gasteiger charge is -2.09. The van der Waals surface area contributed by atoms with Gasteiger partial charge in [0.15, 0.2) is 5.82 Å². The quantitative estimate of drug-likeness (QED) is 0.461. The molecule has 0 unspecified atom stereocenters. The van der Waals surface area contributed by atoms with Crippen LogP contribution < -0.4 is 0 Å². The molecule has 0 aliphatic heterocycles. The number of hydrogen-bond acceptors (Lipinski definition) is 6. The van der Waals surface area contributed by atoms with Crippen molar-refractivity contribution in [1.29, 1.82) is 0 Å². The van der Waals surface area contributed by atoms with Crippen molar-refractivity contribution in [2.45, 2.75) is 24.2 Å². The molecule has 3 rings (SSSR count). The van der Waals surface area contributed by atoms with Crippen LogP contribution in [0, 0.1) is 6.92 Å². The number of esters is 1. The zero-order chi connectivity index (χ0) is 17.6. The molecule has 0 aliphatic carbocycles. The van der Waals surface area contributed by atoms with E-state index in [1.807, 2.05) is 24.3 Å². The zero-order valence-electron chi connectivity index (χ0n) is 13.4. The SMILES string of the molecule is Cc1noc(CSc2ccccc2C(=O)OCc2ccc(Cl)cc2)n1. The van der Waals surface area contributed by atoms with Crippen molar-refractivity contribution in [3.05, 3.63) is 76.4 Å². The number of hydrogen-bond donors (Lipinski definition) is 0. The molecule has 5 nitrogen and oxygen atoms in total. The topological polar surface area (TPSA) is 65.2 Å². The summed E-state index contributed by atoms with van der Waals surface area (Å²) in [5.41, 5.74) is 1.39. The molecule has 128 valence electrons. The van der Waals surface area contributed by atoms with Gasteiger partial charge in [-0.3, -0.25) is 0 Å². The summed E-state index contributed by atoms with van der Waals surface area (Å²) in [7, 11) is 0. The van der Waals surface area contributed by atoms with Gasteiger partial charge in [0.05, 0.1) is 11.3 Å². The lowest BCUT2D eigenvalue weighted by molar-refractivity contribution is 0.0468. The van der Waals surface area contributed by atoms with E-state index in [0.29, 0.717) is 28.1 Å². The molecule has 0 bridgehead atoms. The second-order valence-electron chi connectivity index (χ2n) is 5.22. The van der Waals surface area contributed by atoms with Crippen LogP contribution in [-0.4, -0.2) is 16.1 Å². The van der Waals surface area contributed by atoms with Crippen molar-refractivity contribution in [3.8, 4) is 0 Å². The fourth-order valence-corrected chi connectivity index (χ4v) is 3.11. The summed E-state index contributed by atoms with van der Waals surface area (Å²) in [5, 5.41) is 4.40. The molecule has 0 aliphatic rings. The molecule has 2 aromatic carbocycles. The summed E-state index contributed by atoms with van der Waals surface area (Å²) in [5.74, 6) is 1.22. The van der Waals surface area contributed by atoms with Crippen LogP contribution in [0.5, 0.6) is 0 Å². The van der Waals surface area contributed by atoms with Crippen LogP contribution in [0.15, 0.2) is 57.9 Å². The molecule has 0 radical (unpaired) electrons. The molecular formula is C18H15ClN2O3S. The molecule has 3 aromatic rings. The Hall–Kier alpha value is -2.31. The third-order valence-electron chi connectivity index (χ3n) is 3.31. The Labute approximate surface area is 154 Å². The number of aryl methyl sites for hydroxylation is 1. The molecule has 0 saturated heterocycles. The first-order valence-electron chi connectivity index (χ1n) is 7.54. The van der Waals surface area contributed by atoms with Gasteiger partial charge in [-0.15, -0.1) is 11.8 Å². The Morgan fingerprint density at radius 3 is 2.68 bits per heavy atom. The summed E-state index contributed by atoms with van der Waals surface area (Å²) in [6.07, 6.45) is 0. The van der Waals surface area contributed by atoms with Crippen LogP contribution in [0.3, 0.4) is 0 Å². The molecule has 1 heterocycles. The molecular weight excluding hydrogens is 360 g/mol. The predicted molar refractivity (Wildman–Crippen MR) is 95.6 cm³/mol. The summed E-state index contributed by atoms with van der Waals surface area (Å²) >= 11 is 7.30. The number of carbonyl (C=O) groups excluding carboxylic acids is 1. The van der Waals surface area contributed by atoms with Crippen molar-refractivity contribution in [2.24, 2.45) is 0 Å². The molecule has 7 heteroatoms. The van der Waals surface area contributed by atoms with Gasteiger partial charge < -0.3 is 9.26 Å². The van der Waals surface area contributed by atoms with Gasteiger partial charge in [0.2, 0.25) is 5.89 Å². The van der Waals surface area contributed by atoms with Crippen LogP contribution in [0.4, 0.5) is 0 Å². The number of nitrogens with zero attached hydrogens (tertiary/aromatic N) is 2. The first-order chi connectivity index (χ1) is 12.1. The maximum atomic E-state index is 12.4. The molecule has 0 N–H and O–H groups in total.